The van der Waals surface area contributed by atoms with Gasteiger partial charge in [-0.25, -0.2) is 10.4 Å². The summed E-state index contributed by atoms with van der Waals surface area (Å²) in [4.78, 5) is 32.9. The highest BCUT2D eigenvalue weighted by molar-refractivity contribution is 9.10. The fraction of sp³-hybridized carbons (Fsp3) is 0.231. The number of carbonyl (C=O) groups is 1. The van der Waals surface area contributed by atoms with E-state index in [4.69, 9.17) is 9.72 Å². The Bertz CT molecular complexity index is 1520. The van der Waals surface area contributed by atoms with Gasteiger partial charge in [0.15, 0.2) is 0 Å². The number of benzene rings is 2. The molecule has 1 aliphatic rings. The van der Waals surface area contributed by atoms with Crippen LogP contribution in [0, 0.1) is 6.92 Å². The second kappa shape index (κ2) is 9.75. The Hall–Kier alpha value is -3.30. The van der Waals surface area contributed by atoms with Crippen molar-refractivity contribution in [3.63, 3.8) is 0 Å². The molecule has 2 aromatic carbocycles. The Morgan fingerprint density at radius 3 is 2.71 bits per heavy atom. The van der Waals surface area contributed by atoms with E-state index in [9.17, 15) is 9.59 Å². The summed E-state index contributed by atoms with van der Waals surface area (Å²) in [6, 6.07) is 12.4. The average Bonchev–Trinajstić information content (AvgIpc) is 3.23. The first-order valence-corrected chi connectivity index (χ1v) is 12.9. The van der Waals surface area contributed by atoms with Crippen LogP contribution in [0.5, 0.6) is 5.75 Å². The van der Waals surface area contributed by atoms with E-state index in [2.05, 4.69) is 26.5 Å². The largest absolute Gasteiger partial charge is 0.496 e. The molecule has 178 valence electrons. The first-order valence-electron chi connectivity index (χ1n) is 11.3. The number of rotatable bonds is 5. The zero-order valence-electron chi connectivity index (χ0n) is 19.3. The molecule has 35 heavy (non-hydrogen) atoms. The van der Waals surface area contributed by atoms with Gasteiger partial charge in [0.25, 0.3) is 11.5 Å². The Morgan fingerprint density at radius 2 is 1.97 bits per heavy atom. The van der Waals surface area contributed by atoms with Crippen molar-refractivity contribution in [1.29, 1.82) is 0 Å². The van der Waals surface area contributed by atoms with Gasteiger partial charge in [-0.15, -0.1) is 11.3 Å². The molecule has 1 amide bonds. The molecule has 2 aromatic heterocycles. The predicted octanol–water partition coefficient (Wildman–Crippen LogP) is 5.17. The second-order valence-corrected chi connectivity index (χ2v) is 10.3. The van der Waals surface area contributed by atoms with Crippen molar-refractivity contribution in [1.82, 2.24) is 15.0 Å². The van der Waals surface area contributed by atoms with Gasteiger partial charge < -0.3 is 4.74 Å². The molecule has 9 heteroatoms. The monoisotopic (exact) mass is 550 g/mol. The van der Waals surface area contributed by atoms with E-state index < -0.39 is 0 Å². The molecule has 0 saturated carbocycles. The number of amides is 1. The number of methoxy groups -OCH3 is 1. The number of thiophene rings is 1. The Balaban J connectivity index is 1.36. The highest BCUT2D eigenvalue weighted by Crippen LogP contribution is 2.34. The van der Waals surface area contributed by atoms with E-state index in [1.165, 1.54) is 10.4 Å². The Labute approximate surface area is 214 Å². The van der Waals surface area contributed by atoms with Crippen molar-refractivity contribution in [3.05, 3.63) is 84.7 Å². The van der Waals surface area contributed by atoms with E-state index in [0.29, 0.717) is 22.8 Å². The van der Waals surface area contributed by atoms with Gasteiger partial charge in [0, 0.05) is 10.4 Å². The molecule has 0 atom stereocenters. The van der Waals surface area contributed by atoms with Gasteiger partial charge in [-0.3, -0.25) is 14.2 Å². The minimum atomic E-state index is -0.343. The summed E-state index contributed by atoms with van der Waals surface area (Å²) in [7, 11) is 1.60. The molecule has 0 fully saturated rings. The van der Waals surface area contributed by atoms with Crippen molar-refractivity contribution in [2.45, 2.75) is 32.6 Å². The number of hydrogen-bond donors (Lipinski definition) is 1. The molecule has 5 rings (SSSR count). The quantitative estimate of drug-likeness (QED) is 0.274. The normalized spacial score (nSPS) is 13.2. The van der Waals surface area contributed by atoms with E-state index in [-0.39, 0.29) is 11.5 Å². The molecular weight excluding hydrogens is 528 g/mol. The highest BCUT2D eigenvalue weighted by atomic mass is 79.9. The van der Waals surface area contributed by atoms with Gasteiger partial charge in [-0.05, 0) is 102 Å². The molecule has 0 unspecified atom stereocenters. The lowest BCUT2D eigenvalue weighted by molar-refractivity contribution is 0.0955. The second-order valence-electron chi connectivity index (χ2n) is 8.33. The van der Waals surface area contributed by atoms with Crippen LogP contribution in [0.3, 0.4) is 0 Å². The third-order valence-corrected chi connectivity index (χ3v) is 7.91. The smallest absolute Gasteiger partial charge is 0.271 e. The van der Waals surface area contributed by atoms with Crippen LogP contribution in [-0.4, -0.2) is 28.8 Å². The van der Waals surface area contributed by atoms with Crippen molar-refractivity contribution in [2.75, 3.05) is 7.11 Å². The lowest BCUT2D eigenvalue weighted by Crippen LogP contribution is -2.23. The summed E-state index contributed by atoms with van der Waals surface area (Å²) in [5, 5.41) is 4.79. The van der Waals surface area contributed by atoms with E-state index >= 15 is 0 Å². The number of nitrogens with zero attached hydrogens (tertiary/aromatic N) is 3. The van der Waals surface area contributed by atoms with Crippen LogP contribution >= 0.6 is 27.3 Å². The van der Waals surface area contributed by atoms with Crippen LogP contribution in [0.4, 0.5) is 0 Å². The minimum Gasteiger partial charge on any atom is -0.496 e. The van der Waals surface area contributed by atoms with E-state index in [0.717, 1.165) is 45.9 Å². The summed E-state index contributed by atoms with van der Waals surface area (Å²) in [6.45, 7) is 1.84. The number of aromatic nitrogens is 2. The summed E-state index contributed by atoms with van der Waals surface area (Å²) in [6.07, 6.45) is 5.79. The summed E-state index contributed by atoms with van der Waals surface area (Å²) in [5.74, 6) is 1.01. The lowest BCUT2D eigenvalue weighted by Gasteiger charge is -2.12. The molecule has 7 nitrogen and oxygen atoms in total. The minimum absolute atomic E-state index is 0.0423. The fourth-order valence-corrected chi connectivity index (χ4v) is 6.22. The topological polar surface area (TPSA) is 85.6 Å². The number of aryl methyl sites for hydroxylation is 3. The van der Waals surface area contributed by atoms with Gasteiger partial charge in [-0.1, -0.05) is 0 Å². The summed E-state index contributed by atoms with van der Waals surface area (Å²) in [5.41, 5.74) is 5.59. The summed E-state index contributed by atoms with van der Waals surface area (Å²) >= 11 is 5.07. The Morgan fingerprint density at radius 1 is 1.20 bits per heavy atom. The number of hydrazone groups is 1. The van der Waals surface area contributed by atoms with Gasteiger partial charge in [0.1, 0.15) is 16.4 Å². The van der Waals surface area contributed by atoms with Crippen LogP contribution in [0.2, 0.25) is 0 Å². The molecule has 0 aliphatic heterocycles. The number of ether oxygens (including phenoxy) is 1. The predicted molar refractivity (Wildman–Crippen MR) is 142 cm³/mol. The van der Waals surface area contributed by atoms with Crippen molar-refractivity contribution >= 4 is 49.6 Å². The van der Waals surface area contributed by atoms with E-state index in [1.54, 1.807) is 53.5 Å². The van der Waals surface area contributed by atoms with E-state index in [1.807, 2.05) is 25.1 Å². The maximum atomic E-state index is 13.5. The van der Waals surface area contributed by atoms with Crippen LogP contribution in [0.25, 0.3) is 15.9 Å². The molecule has 4 aromatic rings. The molecule has 0 radical (unpaired) electrons. The molecular formula is C26H23BrN4O3S. The number of halogens is 1. The molecule has 2 heterocycles. The lowest BCUT2D eigenvalue weighted by atomic mass is 9.97. The number of hydrogen-bond acceptors (Lipinski definition) is 6. The standard InChI is InChI=1S/C26H23BrN4O3S/c1-15-29-25-23(19-5-3-4-6-22(19)35-25)26(33)31(15)18-10-8-17(9-11-18)24(32)30-28-14-16-7-12-21(34-2)20(27)13-16/h7-14H,3-6H2,1-2H3,(H,30,32)/b28-14-. The molecule has 1 aliphatic carbocycles. The summed E-state index contributed by atoms with van der Waals surface area (Å²) < 4.78 is 7.64. The van der Waals surface area contributed by atoms with Crippen LogP contribution in [0.1, 0.15) is 45.0 Å². The van der Waals surface area contributed by atoms with Crippen LogP contribution < -0.4 is 15.7 Å². The first-order chi connectivity index (χ1) is 17.0. The maximum absolute atomic E-state index is 13.5. The third-order valence-electron chi connectivity index (χ3n) is 6.10. The third kappa shape index (κ3) is 4.53. The fourth-order valence-electron chi connectivity index (χ4n) is 4.37. The van der Waals surface area contributed by atoms with Crippen molar-refractivity contribution in [3.8, 4) is 11.4 Å². The van der Waals surface area contributed by atoms with Gasteiger partial charge in [0.2, 0.25) is 0 Å². The zero-order valence-corrected chi connectivity index (χ0v) is 21.7. The van der Waals surface area contributed by atoms with Crippen molar-refractivity contribution in [2.24, 2.45) is 5.10 Å². The number of fused-ring (bicyclic) bond motifs is 3. The van der Waals surface area contributed by atoms with Crippen LogP contribution in [0.15, 0.2) is 56.8 Å². The maximum Gasteiger partial charge on any atom is 0.271 e. The van der Waals surface area contributed by atoms with Crippen molar-refractivity contribution < 1.29 is 9.53 Å². The first kappa shape index (κ1) is 23.4. The number of nitrogens with one attached hydrogen (secondary N) is 1. The zero-order chi connectivity index (χ0) is 24.5. The Kier molecular flexibility index (Phi) is 6.53. The molecule has 1 N–H and O–H groups in total. The molecule has 0 saturated heterocycles. The van der Waals surface area contributed by atoms with Gasteiger partial charge in [-0.2, -0.15) is 5.10 Å². The SMILES string of the molecule is COc1ccc(/C=N\NC(=O)c2ccc(-n3c(C)nc4sc5c(c4c3=O)CCCC5)cc2)cc1Br. The van der Waals surface area contributed by atoms with Gasteiger partial charge in [0.05, 0.1) is 28.9 Å². The van der Waals surface area contributed by atoms with Gasteiger partial charge >= 0.3 is 0 Å². The average molecular weight is 551 g/mol. The van der Waals surface area contributed by atoms with Crippen LogP contribution in [-0.2, 0) is 12.8 Å². The highest BCUT2D eigenvalue weighted by Gasteiger charge is 2.21. The molecule has 0 bridgehead atoms. The molecule has 0 spiro atoms. The number of carbonyl (C=O) groups excluding carboxylic acids is 1.